The Labute approximate surface area is 152 Å². The summed E-state index contributed by atoms with van der Waals surface area (Å²) in [5, 5.41) is 2.81. The van der Waals surface area contributed by atoms with Crippen molar-refractivity contribution in [1.82, 2.24) is 5.32 Å². The van der Waals surface area contributed by atoms with Gasteiger partial charge in [-0.3, -0.25) is 4.79 Å². The highest BCUT2D eigenvalue weighted by molar-refractivity contribution is 6.30. The van der Waals surface area contributed by atoms with E-state index >= 15 is 0 Å². The first-order valence-corrected chi connectivity index (χ1v) is 7.89. The van der Waals surface area contributed by atoms with Crippen molar-refractivity contribution >= 4 is 23.5 Å². The molecule has 8 heteroatoms. The molecule has 0 saturated heterocycles. The molecule has 0 bridgehead atoms. The summed E-state index contributed by atoms with van der Waals surface area (Å²) in [7, 11) is 1.13. The number of hydrogen-bond donors (Lipinski definition) is 1. The molecule has 0 aliphatic heterocycles. The first kappa shape index (κ1) is 19.8. The maximum atomic E-state index is 13.1. The summed E-state index contributed by atoms with van der Waals surface area (Å²) < 4.78 is 43.9. The standard InChI is InChI=1S/C18H15ClF3NO3/c1-26-17(25)15(10-11-6-8-12(19)9-7-11)23-16(24)13-4-2-3-5-14(13)18(20,21)22/h2-9,15H,10H2,1H3,(H,23,24)/t15-/m0/s1. The minimum atomic E-state index is -4.69. The number of halogens is 4. The lowest BCUT2D eigenvalue weighted by Gasteiger charge is -2.18. The summed E-state index contributed by atoms with van der Waals surface area (Å²) in [6, 6.07) is 9.72. The smallest absolute Gasteiger partial charge is 0.417 e. The molecule has 0 saturated carbocycles. The average Bonchev–Trinajstić information content (AvgIpc) is 2.61. The minimum absolute atomic E-state index is 0.0454. The van der Waals surface area contributed by atoms with Gasteiger partial charge in [-0.2, -0.15) is 13.2 Å². The average molecular weight is 386 g/mol. The number of benzene rings is 2. The Morgan fingerprint density at radius 1 is 1.12 bits per heavy atom. The van der Waals surface area contributed by atoms with Crippen molar-refractivity contribution in [3.63, 3.8) is 0 Å². The molecule has 0 aromatic heterocycles. The summed E-state index contributed by atoms with van der Waals surface area (Å²) in [4.78, 5) is 24.3. The van der Waals surface area contributed by atoms with Gasteiger partial charge in [0.15, 0.2) is 0 Å². The second-order valence-electron chi connectivity index (χ2n) is 5.42. The van der Waals surface area contributed by atoms with E-state index in [0.717, 1.165) is 19.2 Å². The van der Waals surface area contributed by atoms with Crippen LogP contribution in [0.15, 0.2) is 48.5 Å². The van der Waals surface area contributed by atoms with Crippen LogP contribution in [0.4, 0.5) is 13.2 Å². The number of alkyl halides is 3. The topological polar surface area (TPSA) is 55.4 Å². The largest absolute Gasteiger partial charge is 0.467 e. The number of rotatable bonds is 5. The summed E-state index contributed by atoms with van der Waals surface area (Å²) >= 11 is 5.79. The molecule has 0 fully saturated rings. The Morgan fingerprint density at radius 3 is 2.31 bits per heavy atom. The molecule has 4 nitrogen and oxygen atoms in total. The van der Waals surface area contributed by atoms with Gasteiger partial charge in [0.05, 0.1) is 18.2 Å². The van der Waals surface area contributed by atoms with E-state index in [1.165, 1.54) is 12.1 Å². The molecule has 0 aliphatic carbocycles. The molecule has 0 aliphatic rings. The van der Waals surface area contributed by atoms with Crippen molar-refractivity contribution in [1.29, 1.82) is 0 Å². The lowest BCUT2D eigenvalue weighted by atomic mass is 10.0. The molecular weight excluding hydrogens is 371 g/mol. The zero-order valence-corrected chi connectivity index (χ0v) is 14.4. The maximum Gasteiger partial charge on any atom is 0.417 e. The molecule has 26 heavy (non-hydrogen) atoms. The highest BCUT2D eigenvalue weighted by atomic mass is 35.5. The second-order valence-corrected chi connectivity index (χ2v) is 5.86. The van der Waals surface area contributed by atoms with Gasteiger partial charge in [0, 0.05) is 11.4 Å². The second kappa shape index (κ2) is 8.23. The first-order valence-electron chi connectivity index (χ1n) is 7.51. The van der Waals surface area contributed by atoms with Crippen LogP contribution in [0.2, 0.25) is 5.02 Å². The van der Waals surface area contributed by atoms with Crippen molar-refractivity contribution < 1.29 is 27.5 Å². The summed E-state index contributed by atoms with van der Waals surface area (Å²) in [6.45, 7) is 0. The molecule has 1 N–H and O–H groups in total. The lowest BCUT2D eigenvalue weighted by Crippen LogP contribution is -2.43. The Hall–Kier alpha value is -2.54. The Morgan fingerprint density at radius 2 is 1.73 bits per heavy atom. The van der Waals surface area contributed by atoms with E-state index in [1.807, 2.05) is 0 Å². The van der Waals surface area contributed by atoms with Crippen LogP contribution < -0.4 is 5.32 Å². The normalized spacial score (nSPS) is 12.3. The molecule has 138 valence electrons. The van der Waals surface area contributed by atoms with Gasteiger partial charge in [0.25, 0.3) is 5.91 Å². The summed E-state index contributed by atoms with van der Waals surface area (Å²) in [5.41, 5.74) is -0.980. The number of methoxy groups -OCH3 is 1. The number of hydrogen-bond acceptors (Lipinski definition) is 3. The van der Waals surface area contributed by atoms with Gasteiger partial charge in [0.2, 0.25) is 0 Å². The van der Waals surface area contributed by atoms with Crippen molar-refractivity contribution in [3.05, 3.63) is 70.2 Å². The summed E-state index contributed by atoms with van der Waals surface area (Å²) in [5.74, 6) is -1.78. The van der Waals surface area contributed by atoms with Crippen molar-refractivity contribution in [2.75, 3.05) is 7.11 Å². The molecule has 0 heterocycles. The fourth-order valence-electron chi connectivity index (χ4n) is 2.36. The number of nitrogens with one attached hydrogen (secondary N) is 1. The number of carbonyl (C=O) groups is 2. The molecule has 0 radical (unpaired) electrons. The van der Waals surface area contributed by atoms with Gasteiger partial charge < -0.3 is 10.1 Å². The fraction of sp³-hybridized carbons (Fsp3) is 0.222. The third-order valence-electron chi connectivity index (χ3n) is 3.62. The van der Waals surface area contributed by atoms with Gasteiger partial charge in [-0.05, 0) is 29.8 Å². The highest BCUT2D eigenvalue weighted by Gasteiger charge is 2.35. The molecule has 2 rings (SSSR count). The SMILES string of the molecule is COC(=O)[C@H](Cc1ccc(Cl)cc1)NC(=O)c1ccccc1C(F)(F)F. The quantitative estimate of drug-likeness (QED) is 0.795. The van der Waals surface area contributed by atoms with Gasteiger partial charge >= 0.3 is 12.1 Å². The van der Waals surface area contributed by atoms with Crippen LogP contribution in [-0.4, -0.2) is 25.0 Å². The van der Waals surface area contributed by atoms with Crippen LogP contribution in [0.5, 0.6) is 0 Å². The fourth-order valence-corrected chi connectivity index (χ4v) is 2.48. The Balaban J connectivity index is 2.25. The van der Waals surface area contributed by atoms with Crippen molar-refractivity contribution in [2.24, 2.45) is 0 Å². The van der Waals surface area contributed by atoms with Crippen LogP contribution in [0, 0.1) is 0 Å². The molecule has 0 spiro atoms. The van der Waals surface area contributed by atoms with Crippen LogP contribution in [0.25, 0.3) is 0 Å². The third kappa shape index (κ3) is 4.98. The van der Waals surface area contributed by atoms with Gasteiger partial charge in [-0.15, -0.1) is 0 Å². The number of ether oxygens (including phenoxy) is 1. The van der Waals surface area contributed by atoms with Crippen molar-refractivity contribution in [3.8, 4) is 0 Å². The molecule has 0 unspecified atom stereocenters. The van der Waals surface area contributed by atoms with E-state index in [0.29, 0.717) is 10.6 Å². The van der Waals surface area contributed by atoms with E-state index in [2.05, 4.69) is 10.1 Å². The molecular formula is C18H15ClF3NO3. The highest BCUT2D eigenvalue weighted by Crippen LogP contribution is 2.31. The Bertz CT molecular complexity index is 791. The zero-order chi connectivity index (χ0) is 19.3. The summed E-state index contributed by atoms with van der Waals surface area (Å²) in [6.07, 6.45) is -4.64. The third-order valence-corrected chi connectivity index (χ3v) is 3.87. The minimum Gasteiger partial charge on any atom is -0.467 e. The zero-order valence-electron chi connectivity index (χ0n) is 13.6. The van der Waals surface area contributed by atoms with Gasteiger partial charge in [-0.25, -0.2) is 4.79 Å². The lowest BCUT2D eigenvalue weighted by molar-refractivity contribution is -0.142. The van der Waals surface area contributed by atoms with Gasteiger partial charge in [0.1, 0.15) is 6.04 Å². The van der Waals surface area contributed by atoms with Gasteiger partial charge in [-0.1, -0.05) is 35.9 Å². The van der Waals surface area contributed by atoms with Crippen LogP contribution >= 0.6 is 11.6 Å². The van der Waals surface area contributed by atoms with E-state index in [4.69, 9.17) is 11.6 Å². The number of amides is 1. The molecule has 2 aromatic rings. The molecule has 1 atom stereocenters. The first-order chi connectivity index (χ1) is 12.2. The van der Waals surface area contributed by atoms with Crippen LogP contribution in [0.3, 0.4) is 0 Å². The van der Waals surface area contributed by atoms with E-state index in [-0.39, 0.29) is 6.42 Å². The predicted octanol–water partition coefficient (Wildman–Crippen LogP) is 3.87. The molecule has 1 amide bonds. The van der Waals surface area contributed by atoms with E-state index < -0.39 is 35.2 Å². The predicted molar refractivity (Wildman–Crippen MR) is 89.9 cm³/mol. The van der Waals surface area contributed by atoms with Crippen molar-refractivity contribution in [2.45, 2.75) is 18.6 Å². The molecule has 2 aromatic carbocycles. The monoisotopic (exact) mass is 385 g/mol. The number of carbonyl (C=O) groups excluding carboxylic acids is 2. The number of esters is 1. The maximum absolute atomic E-state index is 13.1. The van der Waals surface area contributed by atoms with Crippen LogP contribution in [-0.2, 0) is 22.1 Å². The Kier molecular flexibility index (Phi) is 6.26. The van der Waals surface area contributed by atoms with E-state index in [9.17, 15) is 22.8 Å². The van der Waals surface area contributed by atoms with E-state index in [1.54, 1.807) is 24.3 Å². The van der Waals surface area contributed by atoms with Crippen LogP contribution in [0.1, 0.15) is 21.5 Å².